The lowest BCUT2D eigenvalue weighted by Gasteiger charge is -2.25. The molecular formula is C14H24N2. The highest BCUT2D eigenvalue weighted by Crippen LogP contribution is 2.19. The number of benzene rings is 1. The molecule has 2 N–H and O–H groups in total. The van der Waals surface area contributed by atoms with E-state index in [0.29, 0.717) is 5.92 Å². The molecule has 1 aromatic carbocycles. The number of aryl methyl sites for hydroxylation is 1. The van der Waals surface area contributed by atoms with Gasteiger partial charge < -0.3 is 10.6 Å². The first kappa shape index (κ1) is 13.2. The summed E-state index contributed by atoms with van der Waals surface area (Å²) < 4.78 is 0. The fourth-order valence-corrected chi connectivity index (χ4v) is 2.14. The van der Waals surface area contributed by atoms with Crippen molar-refractivity contribution >= 4 is 0 Å². The molecule has 0 heterocycles. The highest BCUT2D eigenvalue weighted by molar-refractivity contribution is 5.29. The van der Waals surface area contributed by atoms with Crippen LogP contribution in [0.4, 0.5) is 0 Å². The van der Waals surface area contributed by atoms with Crippen LogP contribution in [0.15, 0.2) is 24.3 Å². The van der Waals surface area contributed by atoms with Gasteiger partial charge >= 0.3 is 0 Å². The monoisotopic (exact) mass is 220 g/mol. The van der Waals surface area contributed by atoms with E-state index in [2.05, 4.69) is 49.9 Å². The molecule has 0 aliphatic rings. The van der Waals surface area contributed by atoms with Gasteiger partial charge in [-0.25, -0.2) is 0 Å². The summed E-state index contributed by atoms with van der Waals surface area (Å²) in [5, 5.41) is 0. The molecule has 0 aromatic heterocycles. The van der Waals surface area contributed by atoms with Crippen LogP contribution in [0.3, 0.4) is 0 Å². The molecule has 0 saturated heterocycles. The second-order valence-electron chi connectivity index (χ2n) is 4.28. The van der Waals surface area contributed by atoms with Gasteiger partial charge in [-0.2, -0.15) is 0 Å². The first-order chi connectivity index (χ1) is 7.72. The quantitative estimate of drug-likeness (QED) is 0.797. The Morgan fingerprint density at radius 3 is 2.31 bits per heavy atom. The Labute approximate surface area is 99.5 Å². The van der Waals surface area contributed by atoms with Crippen molar-refractivity contribution in [1.82, 2.24) is 4.90 Å². The summed E-state index contributed by atoms with van der Waals surface area (Å²) in [6.45, 7) is 10.6. The molecule has 1 atom stereocenters. The molecule has 90 valence electrons. The van der Waals surface area contributed by atoms with Crippen molar-refractivity contribution < 1.29 is 0 Å². The van der Waals surface area contributed by atoms with Crippen molar-refractivity contribution in [2.24, 2.45) is 5.73 Å². The number of hydrogen-bond acceptors (Lipinski definition) is 2. The van der Waals surface area contributed by atoms with E-state index >= 15 is 0 Å². The summed E-state index contributed by atoms with van der Waals surface area (Å²) in [5.41, 5.74) is 8.66. The molecule has 0 bridgehead atoms. The van der Waals surface area contributed by atoms with E-state index in [-0.39, 0.29) is 0 Å². The lowest BCUT2D eigenvalue weighted by Crippen LogP contribution is -2.31. The van der Waals surface area contributed by atoms with Gasteiger partial charge in [-0.15, -0.1) is 0 Å². The van der Waals surface area contributed by atoms with Crippen LogP contribution >= 0.6 is 0 Å². The number of hydrogen-bond donors (Lipinski definition) is 1. The molecule has 0 fully saturated rings. The lowest BCUT2D eigenvalue weighted by atomic mass is 9.94. The average molecular weight is 220 g/mol. The minimum Gasteiger partial charge on any atom is -0.330 e. The van der Waals surface area contributed by atoms with Crippen LogP contribution in [-0.4, -0.2) is 31.1 Å². The summed E-state index contributed by atoms with van der Waals surface area (Å²) in [6.07, 6.45) is 0. The molecule has 0 spiro atoms. The van der Waals surface area contributed by atoms with Gasteiger partial charge in [0, 0.05) is 19.0 Å². The lowest BCUT2D eigenvalue weighted by molar-refractivity contribution is 0.284. The van der Waals surface area contributed by atoms with E-state index in [1.807, 2.05) is 0 Å². The Kier molecular flexibility index (Phi) is 5.50. The predicted octanol–water partition coefficient (Wildman–Crippen LogP) is 2.38. The van der Waals surface area contributed by atoms with Gasteiger partial charge in [-0.05, 0) is 31.1 Å². The van der Waals surface area contributed by atoms with Crippen LogP contribution in [-0.2, 0) is 0 Å². The van der Waals surface area contributed by atoms with Crippen molar-refractivity contribution in [1.29, 1.82) is 0 Å². The zero-order valence-electron chi connectivity index (χ0n) is 10.7. The van der Waals surface area contributed by atoms with Gasteiger partial charge in [0.2, 0.25) is 0 Å². The largest absolute Gasteiger partial charge is 0.330 e. The van der Waals surface area contributed by atoms with Crippen molar-refractivity contribution in [3.8, 4) is 0 Å². The zero-order chi connectivity index (χ0) is 12.0. The maximum Gasteiger partial charge on any atom is 0.00914 e. The van der Waals surface area contributed by atoms with E-state index in [9.17, 15) is 0 Å². The van der Waals surface area contributed by atoms with Crippen molar-refractivity contribution in [3.63, 3.8) is 0 Å². The number of nitrogens with two attached hydrogens (primary N) is 1. The van der Waals surface area contributed by atoms with Crippen molar-refractivity contribution in [2.45, 2.75) is 26.7 Å². The van der Waals surface area contributed by atoms with Crippen molar-refractivity contribution in [3.05, 3.63) is 35.4 Å². The van der Waals surface area contributed by atoms with Crippen LogP contribution < -0.4 is 5.73 Å². The fourth-order valence-electron chi connectivity index (χ4n) is 2.14. The zero-order valence-corrected chi connectivity index (χ0v) is 10.7. The Morgan fingerprint density at radius 2 is 1.81 bits per heavy atom. The van der Waals surface area contributed by atoms with Crippen molar-refractivity contribution in [2.75, 3.05) is 26.2 Å². The Bertz CT molecular complexity index is 305. The normalized spacial score (nSPS) is 13.1. The SMILES string of the molecule is CCN(CC)CC(CN)c1ccccc1C. The maximum absolute atomic E-state index is 5.90. The number of likely N-dealkylation sites (N-methyl/N-ethyl adjacent to an activating group) is 1. The maximum atomic E-state index is 5.90. The Balaban J connectivity index is 2.78. The summed E-state index contributed by atoms with van der Waals surface area (Å²) in [6, 6.07) is 8.56. The van der Waals surface area contributed by atoms with E-state index in [4.69, 9.17) is 5.73 Å². The van der Waals surface area contributed by atoms with Crippen LogP contribution in [0.1, 0.15) is 30.9 Å². The standard InChI is InChI=1S/C14H24N2/c1-4-16(5-2)11-13(10-15)14-9-7-6-8-12(14)3/h6-9,13H,4-5,10-11,15H2,1-3H3. The molecule has 2 nitrogen and oxygen atoms in total. The van der Waals surface area contributed by atoms with Crippen LogP contribution in [0.25, 0.3) is 0 Å². The highest BCUT2D eigenvalue weighted by atomic mass is 15.1. The first-order valence-electron chi connectivity index (χ1n) is 6.20. The van der Waals surface area contributed by atoms with E-state index in [1.54, 1.807) is 0 Å². The molecule has 1 rings (SSSR count). The molecule has 1 unspecified atom stereocenters. The molecule has 0 amide bonds. The Morgan fingerprint density at radius 1 is 1.19 bits per heavy atom. The molecule has 0 aliphatic carbocycles. The number of rotatable bonds is 6. The third-order valence-corrected chi connectivity index (χ3v) is 3.29. The summed E-state index contributed by atoms with van der Waals surface area (Å²) in [7, 11) is 0. The van der Waals surface area contributed by atoms with E-state index in [1.165, 1.54) is 11.1 Å². The predicted molar refractivity (Wildman–Crippen MR) is 70.8 cm³/mol. The molecule has 0 saturated carbocycles. The average Bonchev–Trinajstić information content (AvgIpc) is 2.32. The second kappa shape index (κ2) is 6.66. The van der Waals surface area contributed by atoms with Gasteiger partial charge in [0.1, 0.15) is 0 Å². The summed E-state index contributed by atoms with van der Waals surface area (Å²) in [5.74, 6) is 0.459. The molecule has 0 radical (unpaired) electrons. The smallest absolute Gasteiger partial charge is 0.00914 e. The topological polar surface area (TPSA) is 29.3 Å². The number of nitrogens with zero attached hydrogens (tertiary/aromatic N) is 1. The summed E-state index contributed by atoms with van der Waals surface area (Å²) in [4.78, 5) is 2.43. The Hall–Kier alpha value is -0.860. The van der Waals surface area contributed by atoms with Crippen LogP contribution in [0, 0.1) is 6.92 Å². The van der Waals surface area contributed by atoms with Gasteiger partial charge in [0.15, 0.2) is 0 Å². The summed E-state index contributed by atoms with van der Waals surface area (Å²) >= 11 is 0. The fraction of sp³-hybridized carbons (Fsp3) is 0.571. The molecule has 1 aromatic rings. The van der Waals surface area contributed by atoms with Crippen LogP contribution in [0.5, 0.6) is 0 Å². The van der Waals surface area contributed by atoms with E-state index < -0.39 is 0 Å². The van der Waals surface area contributed by atoms with Gasteiger partial charge in [-0.1, -0.05) is 38.1 Å². The van der Waals surface area contributed by atoms with E-state index in [0.717, 1.165) is 26.2 Å². The molecule has 16 heavy (non-hydrogen) atoms. The second-order valence-corrected chi connectivity index (χ2v) is 4.28. The molecule has 2 heteroatoms. The van der Waals surface area contributed by atoms with Gasteiger partial charge in [0.25, 0.3) is 0 Å². The van der Waals surface area contributed by atoms with Gasteiger partial charge in [-0.3, -0.25) is 0 Å². The minimum absolute atomic E-state index is 0.459. The molecular weight excluding hydrogens is 196 g/mol. The first-order valence-corrected chi connectivity index (χ1v) is 6.20. The third-order valence-electron chi connectivity index (χ3n) is 3.29. The minimum atomic E-state index is 0.459. The third kappa shape index (κ3) is 3.32. The highest BCUT2D eigenvalue weighted by Gasteiger charge is 2.14. The van der Waals surface area contributed by atoms with Gasteiger partial charge in [0.05, 0.1) is 0 Å². The molecule has 0 aliphatic heterocycles. The van der Waals surface area contributed by atoms with Crippen LogP contribution in [0.2, 0.25) is 0 Å².